The number of ether oxygens (including phenoxy) is 1. The monoisotopic (exact) mass is 348 g/mol. The number of carbonyl (C=O) groups is 1. The second-order valence-electron chi connectivity index (χ2n) is 6.15. The molecule has 1 fully saturated rings. The number of amides is 1. The smallest absolute Gasteiger partial charge is 0.252 e. The number of thiophene rings is 1. The van der Waals surface area contributed by atoms with Gasteiger partial charge in [0.25, 0.3) is 5.91 Å². The number of nitrogens with zero attached hydrogens (tertiary/aromatic N) is 1. The summed E-state index contributed by atoms with van der Waals surface area (Å²) in [7, 11) is 0. The lowest BCUT2D eigenvalue weighted by molar-refractivity contribution is 0.0117. The molecule has 1 aliphatic heterocycles. The average molecular weight is 348 g/mol. The zero-order valence-electron chi connectivity index (χ0n) is 14.4. The first-order chi connectivity index (χ1) is 11.5. The van der Waals surface area contributed by atoms with Gasteiger partial charge in [0.15, 0.2) is 0 Å². The molecule has 24 heavy (non-hydrogen) atoms. The molecule has 0 bridgehead atoms. The minimum absolute atomic E-state index is 0.0154. The molecule has 1 N–H and O–H groups in total. The molecule has 3 rings (SSSR count). The van der Waals surface area contributed by atoms with Crippen LogP contribution < -0.4 is 5.32 Å². The normalized spacial score (nSPS) is 17.0. The van der Waals surface area contributed by atoms with E-state index in [4.69, 9.17) is 9.15 Å². The predicted octanol–water partition coefficient (Wildman–Crippen LogP) is 3.07. The lowest BCUT2D eigenvalue weighted by Gasteiger charge is -2.33. The number of nitrogens with one attached hydrogen (secondary N) is 1. The van der Waals surface area contributed by atoms with Crippen molar-refractivity contribution in [3.05, 3.63) is 45.0 Å². The van der Waals surface area contributed by atoms with Crippen LogP contribution in [-0.4, -0.2) is 43.7 Å². The molecule has 0 saturated carbocycles. The van der Waals surface area contributed by atoms with Crippen molar-refractivity contribution in [1.29, 1.82) is 0 Å². The number of aryl methyl sites for hydroxylation is 3. The second-order valence-corrected chi connectivity index (χ2v) is 7.61. The van der Waals surface area contributed by atoms with E-state index in [-0.39, 0.29) is 11.9 Å². The van der Waals surface area contributed by atoms with E-state index in [9.17, 15) is 4.79 Å². The Morgan fingerprint density at radius 3 is 2.62 bits per heavy atom. The van der Waals surface area contributed by atoms with Crippen LogP contribution in [0.25, 0.3) is 0 Å². The van der Waals surface area contributed by atoms with Crippen LogP contribution >= 0.6 is 11.3 Å². The van der Waals surface area contributed by atoms with Crippen LogP contribution in [0, 0.1) is 20.8 Å². The fraction of sp³-hybridized carbons (Fsp3) is 0.500. The predicted molar refractivity (Wildman–Crippen MR) is 94.7 cm³/mol. The summed E-state index contributed by atoms with van der Waals surface area (Å²) in [6, 6.07) is 5.96. The molecule has 1 saturated heterocycles. The summed E-state index contributed by atoms with van der Waals surface area (Å²) in [5.74, 6) is 1.77. The Bertz CT molecular complexity index is 701. The van der Waals surface area contributed by atoms with Gasteiger partial charge in [-0.15, -0.1) is 11.3 Å². The van der Waals surface area contributed by atoms with Gasteiger partial charge in [0.2, 0.25) is 0 Å². The highest BCUT2D eigenvalue weighted by molar-refractivity contribution is 7.12. The molecule has 2 aromatic heterocycles. The van der Waals surface area contributed by atoms with E-state index in [1.807, 2.05) is 39.0 Å². The fourth-order valence-electron chi connectivity index (χ4n) is 3.07. The van der Waals surface area contributed by atoms with Gasteiger partial charge in [-0.2, -0.15) is 0 Å². The van der Waals surface area contributed by atoms with Crippen LogP contribution in [0.2, 0.25) is 0 Å². The maximum absolute atomic E-state index is 12.5. The summed E-state index contributed by atoms with van der Waals surface area (Å²) in [5.41, 5.74) is 0.772. The molecule has 3 heterocycles. The lowest BCUT2D eigenvalue weighted by atomic mass is 10.1. The third-order valence-corrected chi connectivity index (χ3v) is 5.28. The van der Waals surface area contributed by atoms with E-state index in [1.165, 1.54) is 0 Å². The Balaban J connectivity index is 1.71. The summed E-state index contributed by atoms with van der Waals surface area (Å²) < 4.78 is 11.3. The highest BCUT2D eigenvalue weighted by Gasteiger charge is 2.26. The van der Waals surface area contributed by atoms with Crippen LogP contribution in [0.15, 0.2) is 22.6 Å². The van der Waals surface area contributed by atoms with Gasteiger partial charge in [0.05, 0.1) is 24.8 Å². The summed E-state index contributed by atoms with van der Waals surface area (Å²) in [6.07, 6.45) is 0. The van der Waals surface area contributed by atoms with Gasteiger partial charge in [0.1, 0.15) is 11.5 Å². The third kappa shape index (κ3) is 3.88. The summed E-state index contributed by atoms with van der Waals surface area (Å²) >= 11 is 1.65. The average Bonchev–Trinajstić information content (AvgIpc) is 3.14. The minimum atomic E-state index is -0.0154. The molecule has 0 aromatic carbocycles. The molecule has 1 unspecified atom stereocenters. The number of carbonyl (C=O) groups excluding carboxylic acids is 1. The molecule has 6 heteroatoms. The lowest BCUT2D eigenvalue weighted by Crippen LogP contribution is -2.43. The van der Waals surface area contributed by atoms with E-state index < -0.39 is 0 Å². The van der Waals surface area contributed by atoms with E-state index >= 15 is 0 Å². The number of furan rings is 1. The topological polar surface area (TPSA) is 54.7 Å². The molecule has 1 atom stereocenters. The van der Waals surface area contributed by atoms with E-state index in [1.54, 1.807) is 11.3 Å². The molecule has 5 nitrogen and oxygen atoms in total. The molecule has 0 radical (unpaired) electrons. The standard InChI is InChI=1S/C18H24N2O3S/c1-12-4-5-17(23-12)16(20-6-8-22-9-7-20)11-19-18(21)15-10-13(2)24-14(15)3/h4-5,10,16H,6-9,11H2,1-3H3,(H,19,21). The summed E-state index contributed by atoms with van der Waals surface area (Å²) in [4.78, 5) is 17.1. The molecular weight excluding hydrogens is 324 g/mol. The molecule has 1 amide bonds. The van der Waals surface area contributed by atoms with Gasteiger partial charge in [-0.3, -0.25) is 9.69 Å². The van der Waals surface area contributed by atoms with Crippen LogP contribution in [0.3, 0.4) is 0 Å². The first kappa shape index (κ1) is 17.2. The third-order valence-electron chi connectivity index (χ3n) is 4.32. The maximum Gasteiger partial charge on any atom is 0.252 e. The SMILES string of the molecule is Cc1ccc(C(CNC(=O)c2cc(C)sc2C)N2CCOCC2)o1. The number of rotatable bonds is 5. The van der Waals surface area contributed by atoms with E-state index in [2.05, 4.69) is 10.2 Å². The fourth-order valence-corrected chi connectivity index (χ4v) is 3.99. The second kappa shape index (κ2) is 7.51. The van der Waals surface area contributed by atoms with Crippen molar-refractivity contribution in [3.8, 4) is 0 Å². The Labute approximate surface area is 146 Å². The number of morpholine rings is 1. The van der Waals surface area contributed by atoms with E-state index in [0.29, 0.717) is 19.8 Å². The van der Waals surface area contributed by atoms with Gasteiger partial charge in [0, 0.05) is 29.4 Å². The molecule has 130 valence electrons. The molecule has 1 aliphatic rings. The van der Waals surface area contributed by atoms with Crippen molar-refractivity contribution in [3.63, 3.8) is 0 Å². The summed E-state index contributed by atoms with van der Waals surface area (Å²) in [5, 5.41) is 3.08. The van der Waals surface area contributed by atoms with Gasteiger partial charge < -0.3 is 14.5 Å². The van der Waals surface area contributed by atoms with Crippen molar-refractivity contribution in [2.24, 2.45) is 0 Å². The van der Waals surface area contributed by atoms with Crippen LogP contribution in [0.1, 0.15) is 37.7 Å². The Morgan fingerprint density at radius 1 is 1.29 bits per heavy atom. The number of hydrogen-bond donors (Lipinski definition) is 1. The summed E-state index contributed by atoms with van der Waals surface area (Å²) in [6.45, 7) is 9.60. The zero-order chi connectivity index (χ0) is 17.1. The molecule has 0 aliphatic carbocycles. The van der Waals surface area contributed by atoms with Gasteiger partial charge >= 0.3 is 0 Å². The largest absolute Gasteiger partial charge is 0.465 e. The number of hydrogen-bond acceptors (Lipinski definition) is 5. The molecular formula is C18H24N2O3S. The van der Waals surface area contributed by atoms with Crippen LogP contribution in [0.5, 0.6) is 0 Å². The van der Waals surface area contributed by atoms with Crippen molar-refractivity contribution >= 4 is 17.2 Å². The van der Waals surface area contributed by atoms with E-state index in [0.717, 1.165) is 39.9 Å². The van der Waals surface area contributed by atoms with Crippen molar-refractivity contribution < 1.29 is 13.9 Å². The van der Waals surface area contributed by atoms with Crippen molar-refractivity contribution in [1.82, 2.24) is 10.2 Å². The van der Waals surface area contributed by atoms with Gasteiger partial charge in [-0.1, -0.05) is 0 Å². The highest BCUT2D eigenvalue weighted by atomic mass is 32.1. The van der Waals surface area contributed by atoms with Gasteiger partial charge in [-0.25, -0.2) is 0 Å². The van der Waals surface area contributed by atoms with Crippen molar-refractivity contribution in [2.75, 3.05) is 32.8 Å². The Kier molecular flexibility index (Phi) is 5.38. The zero-order valence-corrected chi connectivity index (χ0v) is 15.2. The van der Waals surface area contributed by atoms with Crippen molar-refractivity contribution in [2.45, 2.75) is 26.8 Å². The van der Waals surface area contributed by atoms with Crippen LogP contribution in [0.4, 0.5) is 0 Å². The Hall–Kier alpha value is -1.63. The minimum Gasteiger partial charge on any atom is -0.465 e. The highest BCUT2D eigenvalue weighted by Crippen LogP contribution is 2.24. The quantitative estimate of drug-likeness (QED) is 0.902. The maximum atomic E-state index is 12.5. The van der Waals surface area contributed by atoms with Crippen LogP contribution in [-0.2, 0) is 4.74 Å². The molecule has 2 aromatic rings. The first-order valence-electron chi connectivity index (χ1n) is 8.28. The van der Waals surface area contributed by atoms with Gasteiger partial charge in [-0.05, 0) is 39.0 Å². The first-order valence-corrected chi connectivity index (χ1v) is 9.09. The Morgan fingerprint density at radius 2 is 2.04 bits per heavy atom. The molecule has 0 spiro atoms.